The lowest BCUT2D eigenvalue weighted by Gasteiger charge is -2.20. The highest BCUT2D eigenvalue weighted by atomic mass is 14.2. The Hall–Kier alpha value is -1.56. The summed E-state index contributed by atoms with van der Waals surface area (Å²) in [5, 5.41) is 0. The lowest BCUT2D eigenvalue weighted by molar-refractivity contribution is 0.417. The number of hydrogen-bond donors (Lipinski definition) is 0. The van der Waals surface area contributed by atoms with Crippen LogP contribution in [-0.2, 0) is 0 Å². The minimum atomic E-state index is 0.676. The van der Waals surface area contributed by atoms with Crippen LogP contribution in [0.2, 0.25) is 0 Å². The third kappa shape index (κ3) is 5.86. The Balaban J connectivity index is 1.75. The van der Waals surface area contributed by atoms with Gasteiger partial charge in [-0.05, 0) is 48.1 Å². The topological polar surface area (TPSA) is 0 Å². The largest absolute Gasteiger partial charge is 0.0648 e. The molecule has 0 aromatic heterocycles. The van der Waals surface area contributed by atoms with E-state index in [1.54, 1.807) is 0 Å². The van der Waals surface area contributed by atoms with Gasteiger partial charge in [-0.1, -0.05) is 94.3 Å². The number of benzene rings is 2. The van der Waals surface area contributed by atoms with Gasteiger partial charge in [-0.2, -0.15) is 0 Å². The number of hydrogen-bond acceptors (Lipinski definition) is 0. The molecule has 3 unspecified atom stereocenters. The fourth-order valence-electron chi connectivity index (χ4n) is 3.44. The van der Waals surface area contributed by atoms with Crippen molar-refractivity contribution in [3.05, 3.63) is 71.8 Å². The fourth-order valence-corrected chi connectivity index (χ4v) is 3.44. The Kier molecular flexibility index (Phi) is 7.39. The highest BCUT2D eigenvalue weighted by molar-refractivity contribution is 5.19. The fraction of sp³-hybridized carbons (Fsp3) is 0.478. The van der Waals surface area contributed by atoms with Gasteiger partial charge in [-0.25, -0.2) is 0 Å². The van der Waals surface area contributed by atoms with Crippen molar-refractivity contribution >= 4 is 0 Å². The number of rotatable bonds is 9. The Morgan fingerprint density at radius 1 is 0.652 bits per heavy atom. The van der Waals surface area contributed by atoms with Gasteiger partial charge in [0.1, 0.15) is 0 Å². The van der Waals surface area contributed by atoms with E-state index in [1.807, 2.05) is 0 Å². The predicted molar refractivity (Wildman–Crippen MR) is 102 cm³/mol. The SMILES string of the molecule is CCC(CCC(C)CCC(C)c1ccccc1)c1ccccc1. The second-order valence-electron chi connectivity index (χ2n) is 7.09. The lowest BCUT2D eigenvalue weighted by Crippen LogP contribution is -2.04. The van der Waals surface area contributed by atoms with Crippen LogP contribution < -0.4 is 0 Å². The van der Waals surface area contributed by atoms with Crippen molar-refractivity contribution in [1.29, 1.82) is 0 Å². The second-order valence-corrected chi connectivity index (χ2v) is 7.09. The summed E-state index contributed by atoms with van der Waals surface area (Å²) in [5.74, 6) is 2.22. The molecule has 0 nitrogen and oxygen atoms in total. The summed E-state index contributed by atoms with van der Waals surface area (Å²) in [6.07, 6.45) is 6.54. The molecule has 0 heterocycles. The minimum absolute atomic E-state index is 0.676. The first-order chi connectivity index (χ1) is 11.2. The van der Waals surface area contributed by atoms with Crippen LogP contribution in [0.1, 0.15) is 75.8 Å². The molecule has 0 spiro atoms. The predicted octanol–water partition coefficient (Wildman–Crippen LogP) is 7.18. The van der Waals surface area contributed by atoms with Gasteiger partial charge >= 0.3 is 0 Å². The van der Waals surface area contributed by atoms with Crippen LogP contribution in [0.4, 0.5) is 0 Å². The van der Waals surface area contributed by atoms with E-state index in [1.165, 1.54) is 43.2 Å². The molecule has 0 bridgehead atoms. The van der Waals surface area contributed by atoms with Crippen molar-refractivity contribution in [2.24, 2.45) is 5.92 Å². The van der Waals surface area contributed by atoms with Gasteiger partial charge in [0.05, 0.1) is 0 Å². The van der Waals surface area contributed by atoms with Crippen molar-refractivity contribution in [1.82, 2.24) is 0 Å². The normalized spacial score (nSPS) is 15.1. The molecule has 0 fully saturated rings. The maximum atomic E-state index is 2.43. The summed E-state index contributed by atoms with van der Waals surface area (Å²) >= 11 is 0. The molecule has 124 valence electrons. The van der Waals surface area contributed by atoms with Crippen LogP contribution in [0.15, 0.2) is 60.7 Å². The average Bonchev–Trinajstić information content (AvgIpc) is 2.62. The molecule has 0 saturated carbocycles. The monoisotopic (exact) mass is 308 g/mol. The quantitative estimate of drug-likeness (QED) is 0.460. The molecule has 2 rings (SSSR count). The van der Waals surface area contributed by atoms with Crippen LogP contribution in [0.5, 0.6) is 0 Å². The smallest absolute Gasteiger partial charge is 0.0164 e. The van der Waals surface area contributed by atoms with Crippen molar-refractivity contribution in [3.63, 3.8) is 0 Å². The molecular weight excluding hydrogens is 276 g/mol. The molecule has 0 heteroatoms. The van der Waals surface area contributed by atoms with Gasteiger partial charge in [0.25, 0.3) is 0 Å². The summed E-state index contributed by atoms with van der Waals surface area (Å²) in [7, 11) is 0. The Labute approximate surface area is 143 Å². The third-order valence-electron chi connectivity index (χ3n) is 5.23. The first-order valence-electron chi connectivity index (χ1n) is 9.30. The first kappa shape index (κ1) is 17.8. The summed E-state index contributed by atoms with van der Waals surface area (Å²) in [5.41, 5.74) is 3.00. The molecule has 0 N–H and O–H groups in total. The van der Waals surface area contributed by atoms with Gasteiger partial charge in [0.15, 0.2) is 0 Å². The lowest BCUT2D eigenvalue weighted by atomic mass is 9.86. The third-order valence-corrected chi connectivity index (χ3v) is 5.23. The van der Waals surface area contributed by atoms with Crippen molar-refractivity contribution < 1.29 is 0 Å². The molecule has 0 radical (unpaired) electrons. The van der Waals surface area contributed by atoms with Gasteiger partial charge in [-0.3, -0.25) is 0 Å². The second kappa shape index (κ2) is 9.55. The summed E-state index contributed by atoms with van der Waals surface area (Å²) < 4.78 is 0. The minimum Gasteiger partial charge on any atom is -0.0648 e. The molecule has 0 saturated heterocycles. The zero-order chi connectivity index (χ0) is 16.5. The molecule has 0 amide bonds. The van der Waals surface area contributed by atoms with Crippen LogP contribution in [0.25, 0.3) is 0 Å². The van der Waals surface area contributed by atoms with Crippen LogP contribution in [0.3, 0.4) is 0 Å². The zero-order valence-electron chi connectivity index (χ0n) is 15.0. The highest BCUT2D eigenvalue weighted by Gasteiger charge is 2.13. The van der Waals surface area contributed by atoms with Gasteiger partial charge in [0.2, 0.25) is 0 Å². The average molecular weight is 309 g/mol. The summed E-state index contributed by atoms with van der Waals surface area (Å²) in [6, 6.07) is 22.0. The van der Waals surface area contributed by atoms with E-state index in [0.29, 0.717) is 5.92 Å². The van der Waals surface area contributed by atoms with E-state index in [4.69, 9.17) is 0 Å². The van der Waals surface area contributed by atoms with Gasteiger partial charge in [-0.15, -0.1) is 0 Å². The molecule has 23 heavy (non-hydrogen) atoms. The van der Waals surface area contributed by atoms with Gasteiger partial charge in [0, 0.05) is 0 Å². The van der Waals surface area contributed by atoms with Crippen molar-refractivity contribution in [3.8, 4) is 0 Å². The molecule has 2 aromatic carbocycles. The molecule has 3 atom stereocenters. The van der Waals surface area contributed by atoms with E-state index >= 15 is 0 Å². The zero-order valence-corrected chi connectivity index (χ0v) is 15.0. The Morgan fingerprint density at radius 2 is 1.17 bits per heavy atom. The molecule has 0 aliphatic rings. The molecule has 0 aliphatic heterocycles. The maximum absolute atomic E-state index is 2.43. The Bertz CT molecular complexity index is 528. The van der Waals surface area contributed by atoms with Crippen LogP contribution >= 0.6 is 0 Å². The molecule has 2 aromatic rings. The molecular formula is C23H32. The van der Waals surface area contributed by atoms with E-state index in [0.717, 1.165) is 11.8 Å². The van der Waals surface area contributed by atoms with Crippen LogP contribution in [-0.4, -0.2) is 0 Å². The highest BCUT2D eigenvalue weighted by Crippen LogP contribution is 2.29. The van der Waals surface area contributed by atoms with E-state index in [-0.39, 0.29) is 0 Å². The van der Waals surface area contributed by atoms with E-state index < -0.39 is 0 Å². The summed E-state index contributed by atoms with van der Waals surface area (Å²) in [4.78, 5) is 0. The van der Waals surface area contributed by atoms with E-state index in [9.17, 15) is 0 Å². The molecule has 0 aliphatic carbocycles. The van der Waals surface area contributed by atoms with Gasteiger partial charge < -0.3 is 0 Å². The van der Waals surface area contributed by atoms with E-state index in [2.05, 4.69) is 81.4 Å². The standard InChI is InChI=1S/C23H32/c1-4-21(23-13-9-6-10-14-23)18-16-19(2)15-17-20(3)22-11-7-5-8-12-22/h5-14,19-21H,4,15-18H2,1-3H3. The van der Waals surface area contributed by atoms with Crippen LogP contribution in [0, 0.1) is 5.92 Å². The summed E-state index contributed by atoms with van der Waals surface area (Å²) in [6.45, 7) is 7.11. The first-order valence-corrected chi connectivity index (χ1v) is 9.30. The van der Waals surface area contributed by atoms with Crippen molar-refractivity contribution in [2.45, 2.75) is 64.7 Å². The van der Waals surface area contributed by atoms with Crippen molar-refractivity contribution in [2.75, 3.05) is 0 Å². The maximum Gasteiger partial charge on any atom is -0.0164 e. The Morgan fingerprint density at radius 3 is 1.74 bits per heavy atom.